The topological polar surface area (TPSA) is 40.6 Å². The molecule has 0 bridgehead atoms. The lowest BCUT2D eigenvalue weighted by Crippen LogP contribution is -2.49. The van der Waals surface area contributed by atoms with Gasteiger partial charge in [0.05, 0.1) is 0 Å². The predicted molar refractivity (Wildman–Crippen MR) is 155 cm³/mol. The highest BCUT2D eigenvalue weighted by atomic mass is 33.1. The predicted octanol–water partition coefficient (Wildman–Crippen LogP) is 8.14. The van der Waals surface area contributed by atoms with Crippen molar-refractivity contribution in [2.45, 2.75) is 165 Å². The fraction of sp³-hybridized carbons (Fsp3) is 0.933. The Balaban J connectivity index is 1.19. The van der Waals surface area contributed by atoms with Crippen LogP contribution in [-0.2, 0) is 9.59 Å². The molecule has 4 aliphatic rings. The van der Waals surface area contributed by atoms with E-state index in [-0.39, 0.29) is 0 Å². The summed E-state index contributed by atoms with van der Waals surface area (Å²) in [5.74, 6) is 2.56. The van der Waals surface area contributed by atoms with Gasteiger partial charge in [-0.1, -0.05) is 98.6 Å². The zero-order valence-corrected chi connectivity index (χ0v) is 24.4. The van der Waals surface area contributed by atoms with Crippen LogP contribution >= 0.6 is 21.6 Å². The Labute approximate surface area is 229 Å². The monoisotopic (exact) mass is 536 g/mol. The number of carbonyl (C=O) groups is 2. The molecule has 0 heterocycles. The molecule has 0 aromatic heterocycles. The SMILES string of the molecule is O=C(CCSSCCC(=O)N(C1CCCCC1)C1CCCCC1)N(C1CCCCC1)C1CCCCC1. The lowest BCUT2D eigenvalue weighted by atomic mass is 9.88. The van der Waals surface area contributed by atoms with Crippen LogP contribution in [0, 0.1) is 0 Å². The molecule has 0 spiro atoms. The summed E-state index contributed by atoms with van der Waals surface area (Å²) in [4.78, 5) is 31.5. The first kappa shape index (κ1) is 28.6. The third-order valence-corrected chi connectivity index (χ3v) is 11.7. The van der Waals surface area contributed by atoms with Crippen molar-refractivity contribution in [3.63, 3.8) is 0 Å². The standard InChI is InChI=1S/C30H52N2O2S2/c33-29(31(25-13-5-1-6-14-25)26-15-7-2-8-16-26)21-23-35-36-24-22-30(34)32(27-17-9-3-10-18-27)28-19-11-4-12-20-28/h25-28H,1-24H2. The molecule has 0 aliphatic heterocycles. The first-order valence-corrected chi connectivity index (χ1v) is 18.1. The summed E-state index contributed by atoms with van der Waals surface area (Å²) in [5, 5.41) is 0. The van der Waals surface area contributed by atoms with Crippen LogP contribution in [0.4, 0.5) is 0 Å². The van der Waals surface area contributed by atoms with Crippen LogP contribution in [0.1, 0.15) is 141 Å². The van der Waals surface area contributed by atoms with Gasteiger partial charge >= 0.3 is 0 Å². The van der Waals surface area contributed by atoms with E-state index in [0.29, 0.717) is 48.8 Å². The van der Waals surface area contributed by atoms with Crippen molar-refractivity contribution in [2.75, 3.05) is 11.5 Å². The molecular weight excluding hydrogens is 484 g/mol. The molecule has 0 aromatic rings. The lowest BCUT2D eigenvalue weighted by Gasteiger charge is -2.42. The Morgan fingerprint density at radius 2 is 0.694 bits per heavy atom. The largest absolute Gasteiger partial charge is 0.337 e. The fourth-order valence-electron chi connectivity index (χ4n) is 7.48. The zero-order chi connectivity index (χ0) is 25.0. The first-order chi connectivity index (χ1) is 17.7. The molecule has 6 heteroatoms. The van der Waals surface area contributed by atoms with E-state index in [1.54, 1.807) is 0 Å². The lowest BCUT2D eigenvalue weighted by molar-refractivity contribution is -0.138. The third kappa shape index (κ3) is 8.58. The molecule has 4 rings (SSSR count). The molecule has 0 N–H and O–H groups in total. The van der Waals surface area contributed by atoms with E-state index in [4.69, 9.17) is 0 Å². The van der Waals surface area contributed by atoms with Crippen molar-refractivity contribution in [3.05, 3.63) is 0 Å². The van der Waals surface area contributed by atoms with Crippen LogP contribution < -0.4 is 0 Å². The number of rotatable bonds is 11. The highest BCUT2D eigenvalue weighted by molar-refractivity contribution is 8.76. The molecule has 4 aliphatic carbocycles. The summed E-state index contributed by atoms with van der Waals surface area (Å²) in [6.07, 6.45) is 26.7. The Morgan fingerprint density at radius 3 is 0.944 bits per heavy atom. The third-order valence-electron chi connectivity index (χ3n) is 9.33. The van der Waals surface area contributed by atoms with Gasteiger partial charge in [0.25, 0.3) is 0 Å². The van der Waals surface area contributed by atoms with E-state index >= 15 is 0 Å². The second-order valence-electron chi connectivity index (χ2n) is 11.9. The molecule has 0 radical (unpaired) electrons. The van der Waals surface area contributed by atoms with E-state index in [0.717, 1.165) is 11.5 Å². The number of nitrogens with zero attached hydrogens (tertiary/aromatic N) is 2. The summed E-state index contributed by atoms with van der Waals surface area (Å²) < 4.78 is 0. The minimum atomic E-state index is 0.402. The van der Waals surface area contributed by atoms with Crippen LogP contribution in [0.15, 0.2) is 0 Å². The van der Waals surface area contributed by atoms with Gasteiger partial charge in [-0.25, -0.2) is 0 Å². The smallest absolute Gasteiger partial charge is 0.223 e. The number of amides is 2. The number of carbonyl (C=O) groups excluding carboxylic acids is 2. The summed E-state index contributed by atoms with van der Waals surface area (Å²) in [6, 6.07) is 1.98. The van der Waals surface area contributed by atoms with Crippen molar-refractivity contribution >= 4 is 33.4 Å². The van der Waals surface area contributed by atoms with E-state index < -0.39 is 0 Å². The molecule has 4 nitrogen and oxygen atoms in total. The van der Waals surface area contributed by atoms with Gasteiger partial charge in [-0.3, -0.25) is 9.59 Å². The minimum Gasteiger partial charge on any atom is -0.337 e. The zero-order valence-electron chi connectivity index (χ0n) is 22.8. The van der Waals surface area contributed by atoms with E-state index in [9.17, 15) is 9.59 Å². The molecule has 0 unspecified atom stereocenters. The molecule has 0 aromatic carbocycles. The second-order valence-corrected chi connectivity index (χ2v) is 14.6. The van der Waals surface area contributed by atoms with Crippen molar-refractivity contribution in [2.24, 2.45) is 0 Å². The Hall–Kier alpha value is -0.360. The Morgan fingerprint density at radius 1 is 0.444 bits per heavy atom. The van der Waals surface area contributed by atoms with Gasteiger partial charge in [0.2, 0.25) is 11.8 Å². The van der Waals surface area contributed by atoms with Crippen molar-refractivity contribution in [3.8, 4) is 0 Å². The molecule has 2 amide bonds. The minimum absolute atomic E-state index is 0.402. The highest BCUT2D eigenvalue weighted by Gasteiger charge is 2.33. The maximum Gasteiger partial charge on any atom is 0.223 e. The maximum atomic E-state index is 13.4. The maximum absolute atomic E-state index is 13.4. The van der Waals surface area contributed by atoms with E-state index in [1.807, 2.05) is 21.6 Å². The summed E-state index contributed by atoms with van der Waals surface area (Å²) in [5.41, 5.74) is 0. The van der Waals surface area contributed by atoms with Gasteiger partial charge < -0.3 is 9.80 Å². The van der Waals surface area contributed by atoms with Crippen LogP contribution in [-0.4, -0.2) is 57.3 Å². The second kappa shape index (κ2) is 15.9. The molecule has 0 atom stereocenters. The Bertz CT molecular complexity index is 559. The van der Waals surface area contributed by atoms with Gasteiger partial charge in [0.1, 0.15) is 0 Å². The van der Waals surface area contributed by atoms with Gasteiger partial charge in [0, 0.05) is 48.5 Å². The van der Waals surface area contributed by atoms with E-state index in [2.05, 4.69) is 9.80 Å². The van der Waals surface area contributed by atoms with Gasteiger partial charge in [-0.2, -0.15) is 0 Å². The highest BCUT2D eigenvalue weighted by Crippen LogP contribution is 2.33. The number of hydrogen-bond donors (Lipinski definition) is 0. The fourth-order valence-corrected chi connectivity index (χ4v) is 9.44. The van der Waals surface area contributed by atoms with Crippen molar-refractivity contribution in [1.82, 2.24) is 9.80 Å². The van der Waals surface area contributed by atoms with Crippen LogP contribution in [0.5, 0.6) is 0 Å². The first-order valence-electron chi connectivity index (χ1n) is 15.6. The van der Waals surface area contributed by atoms with Gasteiger partial charge in [-0.05, 0) is 51.4 Å². The summed E-state index contributed by atoms with van der Waals surface area (Å²) in [6.45, 7) is 0. The molecule has 36 heavy (non-hydrogen) atoms. The number of hydrogen-bond acceptors (Lipinski definition) is 4. The molecule has 4 fully saturated rings. The summed E-state index contributed by atoms with van der Waals surface area (Å²) >= 11 is 0. The average molecular weight is 537 g/mol. The molecule has 4 saturated carbocycles. The quantitative estimate of drug-likeness (QED) is 0.197. The average Bonchev–Trinajstić information content (AvgIpc) is 2.93. The van der Waals surface area contributed by atoms with Gasteiger partial charge in [0.15, 0.2) is 0 Å². The van der Waals surface area contributed by atoms with Crippen molar-refractivity contribution in [1.29, 1.82) is 0 Å². The van der Waals surface area contributed by atoms with Crippen LogP contribution in [0.2, 0.25) is 0 Å². The van der Waals surface area contributed by atoms with Crippen LogP contribution in [0.25, 0.3) is 0 Å². The molecular formula is C30H52N2O2S2. The van der Waals surface area contributed by atoms with Gasteiger partial charge in [-0.15, -0.1) is 0 Å². The summed E-state index contributed by atoms with van der Waals surface area (Å²) in [7, 11) is 3.63. The molecule has 0 saturated heterocycles. The van der Waals surface area contributed by atoms with E-state index in [1.165, 1.54) is 128 Å². The van der Waals surface area contributed by atoms with Crippen LogP contribution in [0.3, 0.4) is 0 Å². The molecule has 206 valence electrons. The Kier molecular flexibility index (Phi) is 12.7. The normalized spacial score (nSPS) is 23.4. The van der Waals surface area contributed by atoms with Crippen molar-refractivity contribution < 1.29 is 9.59 Å².